The van der Waals surface area contributed by atoms with Crippen molar-refractivity contribution >= 4 is 5.97 Å². The first kappa shape index (κ1) is 9.13. The summed E-state index contributed by atoms with van der Waals surface area (Å²) in [6.07, 6.45) is 1.24. The van der Waals surface area contributed by atoms with Gasteiger partial charge >= 0.3 is 5.97 Å². The van der Waals surface area contributed by atoms with Crippen molar-refractivity contribution in [3.8, 4) is 0 Å². The molecule has 58 valence electrons. The lowest BCUT2D eigenvalue weighted by Gasteiger charge is -1.99. The Labute approximate surface area is 59.1 Å². The quantitative estimate of drug-likeness (QED) is 0.337. The number of hydrogen-bond donors (Lipinski definition) is 1. The zero-order valence-corrected chi connectivity index (χ0v) is 5.90. The average molecular weight is 146 g/mol. The first-order valence-electron chi connectivity index (χ1n) is 2.67. The fraction of sp³-hybridized carbons (Fsp3) is 0.500. The SMILES string of the molecule is COC(=O)C=CC(O)OC. The van der Waals surface area contributed by atoms with Gasteiger partial charge in [0.2, 0.25) is 0 Å². The van der Waals surface area contributed by atoms with Crippen LogP contribution in [0.2, 0.25) is 0 Å². The highest BCUT2D eigenvalue weighted by atomic mass is 16.6. The van der Waals surface area contributed by atoms with Crippen molar-refractivity contribution in [1.29, 1.82) is 0 Å². The number of aliphatic hydroxyl groups excluding tert-OH is 1. The van der Waals surface area contributed by atoms with Crippen molar-refractivity contribution in [2.45, 2.75) is 6.29 Å². The first-order chi connectivity index (χ1) is 4.70. The molecule has 0 saturated heterocycles. The molecular weight excluding hydrogens is 136 g/mol. The number of carbonyl (C=O) groups excluding carboxylic acids is 1. The van der Waals surface area contributed by atoms with Crippen LogP contribution in [0.3, 0.4) is 0 Å². The summed E-state index contributed by atoms with van der Waals surface area (Å²) in [6.45, 7) is 0. The molecule has 0 aliphatic heterocycles. The Bertz CT molecular complexity index is 130. The van der Waals surface area contributed by atoms with Crippen LogP contribution in [-0.4, -0.2) is 31.6 Å². The summed E-state index contributed by atoms with van der Waals surface area (Å²) < 4.78 is 8.66. The van der Waals surface area contributed by atoms with E-state index in [9.17, 15) is 4.79 Å². The van der Waals surface area contributed by atoms with Crippen LogP contribution in [0.1, 0.15) is 0 Å². The third-order valence-electron chi connectivity index (χ3n) is 0.840. The molecule has 1 unspecified atom stereocenters. The van der Waals surface area contributed by atoms with Gasteiger partial charge < -0.3 is 14.6 Å². The highest BCUT2D eigenvalue weighted by molar-refractivity contribution is 5.81. The van der Waals surface area contributed by atoms with Crippen molar-refractivity contribution < 1.29 is 19.4 Å². The summed E-state index contributed by atoms with van der Waals surface area (Å²) in [7, 11) is 2.58. The Morgan fingerprint density at radius 2 is 2.20 bits per heavy atom. The average Bonchev–Trinajstić information content (AvgIpc) is 1.99. The molecule has 4 nitrogen and oxygen atoms in total. The molecule has 10 heavy (non-hydrogen) atoms. The Hall–Kier alpha value is -0.870. The highest BCUT2D eigenvalue weighted by Gasteiger charge is 1.95. The van der Waals surface area contributed by atoms with Crippen molar-refractivity contribution in [3.63, 3.8) is 0 Å². The van der Waals surface area contributed by atoms with E-state index in [4.69, 9.17) is 5.11 Å². The van der Waals surface area contributed by atoms with Gasteiger partial charge in [0.15, 0.2) is 6.29 Å². The zero-order valence-electron chi connectivity index (χ0n) is 5.90. The topological polar surface area (TPSA) is 55.8 Å². The molecule has 0 heterocycles. The van der Waals surface area contributed by atoms with Gasteiger partial charge in [0.1, 0.15) is 0 Å². The summed E-state index contributed by atoms with van der Waals surface area (Å²) in [5.74, 6) is -0.517. The molecule has 0 bridgehead atoms. The number of ether oxygens (including phenoxy) is 2. The minimum atomic E-state index is -1.04. The monoisotopic (exact) mass is 146 g/mol. The van der Waals surface area contributed by atoms with E-state index in [1.54, 1.807) is 0 Å². The van der Waals surface area contributed by atoms with Gasteiger partial charge in [-0.2, -0.15) is 0 Å². The molecule has 1 atom stereocenters. The van der Waals surface area contributed by atoms with Gasteiger partial charge in [-0.1, -0.05) is 0 Å². The molecule has 0 aliphatic carbocycles. The number of carbonyl (C=O) groups is 1. The van der Waals surface area contributed by atoms with Gasteiger partial charge in [-0.3, -0.25) is 0 Å². The Balaban J connectivity index is 3.63. The third-order valence-corrected chi connectivity index (χ3v) is 0.840. The third kappa shape index (κ3) is 4.05. The molecule has 4 heteroatoms. The van der Waals surface area contributed by atoms with E-state index >= 15 is 0 Å². The predicted molar refractivity (Wildman–Crippen MR) is 34.2 cm³/mol. The normalized spacial score (nSPS) is 13.5. The number of esters is 1. The van der Waals surface area contributed by atoms with Crippen molar-refractivity contribution in [2.75, 3.05) is 14.2 Å². The van der Waals surface area contributed by atoms with Gasteiger partial charge in [0.25, 0.3) is 0 Å². The van der Waals surface area contributed by atoms with E-state index in [0.29, 0.717) is 0 Å². The van der Waals surface area contributed by atoms with Crippen LogP contribution in [0, 0.1) is 0 Å². The molecule has 0 fully saturated rings. The minimum absolute atomic E-state index is 0.517. The van der Waals surface area contributed by atoms with Crippen LogP contribution in [-0.2, 0) is 14.3 Å². The zero-order chi connectivity index (χ0) is 7.98. The summed E-state index contributed by atoms with van der Waals surface area (Å²) in [5, 5.41) is 8.69. The lowest BCUT2D eigenvalue weighted by molar-refractivity contribution is -0.135. The standard InChI is InChI=1S/C6H10O4/c1-9-5(7)3-4-6(8)10-2/h3-5,7H,1-2H3. The van der Waals surface area contributed by atoms with Crippen LogP contribution >= 0.6 is 0 Å². The van der Waals surface area contributed by atoms with E-state index < -0.39 is 12.3 Å². The molecule has 0 rings (SSSR count). The molecule has 1 N–H and O–H groups in total. The second kappa shape index (κ2) is 4.96. The lowest BCUT2D eigenvalue weighted by Crippen LogP contribution is -2.05. The van der Waals surface area contributed by atoms with Gasteiger partial charge in [-0.25, -0.2) is 4.79 Å². The van der Waals surface area contributed by atoms with Crippen molar-refractivity contribution in [3.05, 3.63) is 12.2 Å². The second-order valence-electron chi connectivity index (χ2n) is 1.51. The van der Waals surface area contributed by atoms with Crippen LogP contribution in [0.5, 0.6) is 0 Å². The molecule has 0 saturated carbocycles. The molecule has 0 aliphatic rings. The maximum Gasteiger partial charge on any atom is 0.330 e. The first-order valence-corrected chi connectivity index (χ1v) is 2.67. The van der Waals surface area contributed by atoms with Crippen molar-refractivity contribution in [2.24, 2.45) is 0 Å². The van der Waals surface area contributed by atoms with Crippen molar-refractivity contribution in [1.82, 2.24) is 0 Å². The number of aliphatic hydroxyl groups is 1. The fourth-order valence-electron chi connectivity index (χ4n) is 0.307. The Morgan fingerprint density at radius 3 is 2.60 bits per heavy atom. The number of hydrogen-bond acceptors (Lipinski definition) is 4. The largest absolute Gasteiger partial charge is 0.466 e. The minimum Gasteiger partial charge on any atom is -0.466 e. The highest BCUT2D eigenvalue weighted by Crippen LogP contribution is 1.86. The molecule has 0 aromatic carbocycles. The van der Waals surface area contributed by atoms with E-state index in [1.165, 1.54) is 20.3 Å². The number of rotatable bonds is 3. The predicted octanol–water partition coefficient (Wildman–Crippen LogP) is -0.320. The summed E-state index contributed by atoms with van der Waals surface area (Å²) in [4.78, 5) is 10.4. The van der Waals surface area contributed by atoms with E-state index in [1.807, 2.05) is 0 Å². The van der Waals surface area contributed by atoms with Gasteiger partial charge in [0, 0.05) is 13.2 Å². The lowest BCUT2D eigenvalue weighted by atomic mass is 10.5. The molecule has 0 spiro atoms. The fourth-order valence-corrected chi connectivity index (χ4v) is 0.307. The molecule has 0 aromatic heterocycles. The summed E-state index contributed by atoms with van der Waals surface area (Å²) >= 11 is 0. The van der Waals surface area contributed by atoms with Crippen LogP contribution in [0.4, 0.5) is 0 Å². The molecule has 0 amide bonds. The summed E-state index contributed by atoms with van der Waals surface area (Å²) in [5.41, 5.74) is 0. The molecule has 0 radical (unpaired) electrons. The van der Waals surface area contributed by atoms with E-state index in [2.05, 4.69) is 9.47 Å². The second-order valence-corrected chi connectivity index (χ2v) is 1.51. The van der Waals surface area contributed by atoms with Crippen LogP contribution in [0.25, 0.3) is 0 Å². The van der Waals surface area contributed by atoms with E-state index in [-0.39, 0.29) is 0 Å². The Kier molecular flexibility index (Phi) is 4.53. The maximum absolute atomic E-state index is 10.4. The number of methoxy groups -OCH3 is 2. The molecular formula is C6H10O4. The smallest absolute Gasteiger partial charge is 0.330 e. The van der Waals surface area contributed by atoms with Gasteiger partial charge in [-0.15, -0.1) is 0 Å². The van der Waals surface area contributed by atoms with Crippen LogP contribution in [0.15, 0.2) is 12.2 Å². The molecule has 0 aromatic rings. The maximum atomic E-state index is 10.4. The van der Waals surface area contributed by atoms with Gasteiger partial charge in [0.05, 0.1) is 7.11 Å². The Morgan fingerprint density at radius 1 is 1.60 bits per heavy atom. The van der Waals surface area contributed by atoms with E-state index in [0.717, 1.165) is 6.08 Å². The van der Waals surface area contributed by atoms with Gasteiger partial charge in [-0.05, 0) is 6.08 Å². The summed E-state index contributed by atoms with van der Waals surface area (Å²) in [6, 6.07) is 0. The van der Waals surface area contributed by atoms with Crippen LogP contribution < -0.4 is 0 Å².